The molecule has 0 amide bonds. The average Bonchev–Trinajstić information content (AvgIpc) is 2.92. The number of rotatable bonds is 2. The Morgan fingerprint density at radius 1 is 1.04 bits per heavy atom. The lowest BCUT2D eigenvalue weighted by Crippen LogP contribution is -2.13. The van der Waals surface area contributed by atoms with Crippen LogP contribution in [0.3, 0.4) is 0 Å². The van der Waals surface area contributed by atoms with Gasteiger partial charge in [-0.1, -0.05) is 6.07 Å². The minimum atomic E-state index is -4.71. The van der Waals surface area contributed by atoms with E-state index in [4.69, 9.17) is 4.74 Å². The van der Waals surface area contributed by atoms with Gasteiger partial charge in [-0.3, -0.25) is 0 Å². The maximum absolute atomic E-state index is 13.6. The highest BCUT2D eigenvalue weighted by atomic mass is 19.4. The lowest BCUT2D eigenvalue weighted by Gasteiger charge is -2.12. The maximum Gasteiger partial charge on any atom is 0.453 e. The first-order valence-corrected chi connectivity index (χ1v) is 6.92. The molecule has 126 valence electrons. The lowest BCUT2D eigenvalue weighted by atomic mass is 10.2. The Hall–Kier alpha value is -2.71. The van der Waals surface area contributed by atoms with Crippen molar-refractivity contribution in [3.8, 4) is 11.6 Å². The summed E-state index contributed by atoms with van der Waals surface area (Å²) < 4.78 is 58.6. The average molecular weight is 340 g/mol. The number of fused-ring (bicyclic) bond motifs is 1. The summed E-state index contributed by atoms with van der Waals surface area (Å²) in [5.41, 5.74) is 1.35. The molecule has 24 heavy (non-hydrogen) atoms. The Morgan fingerprint density at radius 2 is 1.75 bits per heavy atom. The molecule has 0 bridgehead atoms. The highest BCUT2D eigenvalue weighted by Gasteiger charge is 2.38. The highest BCUT2D eigenvalue weighted by molar-refractivity contribution is 5.53. The van der Waals surface area contributed by atoms with E-state index >= 15 is 0 Å². The molecule has 0 atom stereocenters. The summed E-state index contributed by atoms with van der Waals surface area (Å²) in [5.74, 6) is -1.67. The van der Waals surface area contributed by atoms with Gasteiger partial charge in [0, 0.05) is 17.2 Å². The van der Waals surface area contributed by atoms with Gasteiger partial charge in [0.15, 0.2) is 5.65 Å². The maximum atomic E-state index is 13.6. The molecular formula is C15H12F4N4O. The summed E-state index contributed by atoms with van der Waals surface area (Å²) in [7, 11) is 0. The molecule has 0 aliphatic carbocycles. The van der Waals surface area contributed by atoms with E-state index in [1.807, 2.05) is 0 Å². The zero-order valence-electron chi connectivity index (χ0n) is 12.9. The Morgan fingerprint density at radius 3 is 2.38 bits per heavy atom. The van der Waals surface area contributed by atoms with Crippen molar-refractivity contribution in [2.75, 3.05) is 0 Å². The van der Waals surface area contributed by atoms with E-state index < -0.39 is 17.8 Å². The summed E-state index contributed by atoms with van der Waals surface area (Å²) in [5, 5.41) is 10.5. The Labute approximate surface area is 133 Å². The lowest BCUT2D eigenvalue weighted by molar-refractivity contribution is -0.146. The molecule has 0 aliphatic rings. The van der Waals surface area contributed by atoms with Gasteiger partial charge < -0.3 is 4.74 Å². The second kappa shape index (κ2) is 5.43. The normalized spacial score (nSPS) is 12.0. The monoisotopic (exact) mass is 340 g/mol. The fraction of sp³-hybridized carbons (Fsp3) is 0.267. The van der Waals surface area contributed by atoms with Crippen molar-refractivity contribution in [3.63, 3.8) is 0 Å². The van der Waals surface area contributed by atoms with Crippen LogP contribution in [0.5, 0.6) is 11.6 Å². The molecule has 9 heteroatoms. The van der Waals surface area contributed by atoms with Gasteiger partial charge in [-0.05, 0) is 32.4 Å². The first-order chi connectivity index (χ1) is 11.2. The van der Waals surface area contributed by atoms with Crippen molar-refractivity contribution in [1.82, 2.24) is 19.8 Å². The zero-order valence-corrected chi connectivity index (χ0v) is 12.9. The first-order valence-electron chi connectivity index (χ1n) is 6.92. The van der Waals surface area contributed by atoms with Gasteiger partial charge in [-0.15, -0.1) is 15.3 Å². The summed E-state index contributed by atoms with van der Waals surface area (Å²) in [6.07, 6.45) is -4.71. The molecule has 2 aromatic heterocycles. The van der Waals surface area contributed by atoms with E-state index in [0.717, 1.165) is 6.07 Å². The summed E-state index contributed by atoms with van der Waals surface area (Å²) in [4.78, 5) is 0. The SMILES string of the molecule is Cc1ccc(Oc2nn3c(C(F)(F)F)nnc3c(C)c2C)cc1F. The van der Waals surface area contributed by atoms with Crippen LogP contribution in [0.2, 0.25) is 0 Å². The number of alkyl halides is 3. The second-order valence-corrected chi connectivity index (χ2v) is 5.32. The fourth-order valence-electron chi connectivity index (χ4n) is 2.12. The molecule has 2 heterocycles. The van der Waals surface area contributed by atoms with E-state index in [1.54, 1.807) is 20.8 Å². The number of aromatic nitrogens is 4. The van der Waals surface area contributed by atoms with E-state index in [2.05, 4.69) is 15.3 Å². The van der Waals surface area contributed by atoms with Crippen molar-refractivity contribution < 1.29 is 22.3 Å². The summed E-state index contributed by atoms with van der Waals surface area (Å²) in [6.45, 7) is 4.81. The first kappa shape index (κ1) is 16.2. The molecule has 0 unspecified atom stereocenters. The van der Waals surface area contributed by atoms with Crippen LogP contribution < -0.4 is 4.74 Å². The van der Waals surface area contributed by atoms with Gasteiger partial charge >= 0.3 is 6.18 Å². The number of hydrogen-bond donors (Lipinski definition) is 0. The molecule has 3 aromatic rings. The van der Waals surface area contributed by atoms with Gasteiger partial charge in [-0.25, -0.2) is 4.39 Å². The van der Waals surface area contributed by atoms with Crippen LogP contribution in [0.4, 0.5) is 17.6 Å². The van der Waals surface area contributed by atoms with Crippen molar-refractivity contribution >= 4 is 5.65 Å². The molecule has 3 rings (SSSR count). The van der Waals surface area contributed by atoms with Crippen LogP contribution >= 0.6 is 0 Å². The third-order valence-electron chi connectivity index (χ3n) is 3.66. The Kier molecular flexibility index (Phi) is 3.66. The van der Waals surface area contributed by atoms with Crippen molar-refractivity contribution in [2.24, 2.45) is 0 Å². The minimum Gasteiger partial charge on any atom is -0.437 e. The van der Waals surface area contributed by atoms with Crippen LogP contribution in [0.1, 0.15) is 22.5 Å². The predicted octanol–water partition coefficient (Wildman–Crippen LogP) is 4.00. The van der Waals surface area contributed by atoms with Crippen LogP contribution in [-0.2, 0) is 6.18 Å². The van der Waals surface area contributed by atoms with Gasteiger partial charge in [0.1, 0.15) is 11.6 Å². The van der Waals surface area contributed by atoms with Gasteiger partial charge in [0.2, 0.25) is 5.88 Å². The Bertz CT molecular complexity index is 933. The molecular weight excluding hydrogens is 328 g/mol. The summed E-state index contributed by atoms with van der Waals surface area (Å²) >= 11 is 0. The van der Waals surface area contributed by atoms with Crippen LogP contribution in [-0.4, -0.2) is 19.8 Å². The second-order valence-electron chi connectivity index (χ2n) is 5.32. The summed E-state index contributed by atoms with van der Waals surface area (Å²) in [6, 6.07) is 4.16. The van der Waals surface area contributed by atoms with Gasteiger partial charge in [0.25, 0.3) is 5.82 Å². The van der Waals surface area contributed by atoms with Gasteiger partial charge in [-0.2, -0.15) is 17.7 Å². The molecule has 0 spiro atoms. The molecule has 0 radical (unpaired) electrons. The predicted molar refractivity (Wildman–Crippen MR) is 76.5 cm³/mol. The number of ether oxygens (including phenoxy) is 1. The van der Waals surface area contributed by atoms with Crippen LogP contribution in [0.15, 0.2) is 18.2 Å². The number of nitrogens with zero attached hydrogens (tertiary/aromatic N) is 4. The number of hydrogen-bond acceptors (Lipinski definition) is 4. The van der Waals surface area contributed by atoms with E-state index in [-0.39, 0.29) is 17.3 Å². The number of aryl methyl sites for hydroxylation is 2. The van der Waals surface area contributed by atoms with Crippen molar-refractivity contribution in [1.29, 1.82) is 0 Å². The standard InChI is InChI=1S/C15H12F4N4O/c1-7-4-5-10(6-11(7)16)24-13-9(3)8(2)12-20-21-14(15(17,18)19)23(12)22-13/h4-6H,1-3H3. The molecule has 0 N–H and O–H groups in total. The molecule has 0 saturated carbocycles. The zero-order chi connectivity index (χ0) is 17.6. The van der Waals surface area contributed by atoms with E-state index in [9.17, 15) is 17.6 Å². The smallest absolute Gasteiger partial charge is 0.437 e. The third kappa shape index (κ3) is 2.66. The number of benzene rings is 1. The quantitative estimate of drug-likeness (QED) is 0.662. The largest absolute Gasteiger partial charge is 0.453 e. The van der Waals surface area contributed by atoms with Crippen molar-refractivity contribution in [2.45, 2.75) is 26.9 Å². The Balaban J connectivity index is 2.13. The van der Waals surface area contributed by atoms with Crippen molar-refractivity contribution in [3.05, 3.63) is 46.5 Å². The van der Waals surface area contributed by atoms with Crippen LogP contribution in [0, 0.1) is 26.6 Å². The molecule has 1 aromatic carbocycles. The molecule has 0 aliphatic heterocycles. The molecule has 0 saturated heterocycles. The highest BCUT2D eigenvalue weighted by Crippen LogP contribution is 2.31. The molecule has 5 nitrogen and oxygen atoms in total. The van der Waals surface area contributed by atoms with Crippen LogP contribution in [0.25, 0.3) is 5.65 Å². The van der Waals surface area contributed by atoms with Gasteiger partial charge in [0.05, 0.1) is 0 Å². The molecule has 0 fully saturated rings. The minimum absolute atomic E-state index is 0.0118. The number of halogens is 4. The third-order valence-corrected chi connectivity index (χ3v) is 3.66. The van der Waals surface area contributed by atoms with E-state index in [0.29, 0.717) is 21.2 Å². The fourth-order valence-corrected chi connectivity index (χ4v) is 2.12. The topological polar surface area (TPSA) is 52.3 Å². The van der Waals surface area contributed by atoms with E-state index in [1.165, 1.54) is 12.1 Å².